The molecule has 2 aliphatic carbocycles. The van der Waals surface area contributed by atoms with Gasteiger partial charge in [0.2, 0.25) is 10.3 Å². The standard InChI is InChI=1S/C20H21N7S.C12H9ClN4.C8H13N3S/c1-27-12-15(11-22-27)14-9-17-16(21-10-14)7-8-18(23-17)24-20-26-25-19(28-20)13-5-3-2-4-6-13;1-17-7-9(6-15-17)8-4-11-10(14-5-8)2-3-12(13)16-11;9-8-11-10-7(12-8)6-4-2-1-3-5-6/h7-13H,2-6H2,1H3,(H,23,24,26);2-7H,1H3;6H,1-5H2,(H2,9,11). The Morgan fingerprint density at radius 3 is 1.70 bits per heavy atom. The minimum absolute atomic E-state index is 0.475. The summed E-state index contributed by atoms with van der Waals surface area (Å²) in [6.07, 6.45) is 24.2. The van der Waals surface area contributed by atoms with Crippen molar-refractivity contribution in [2.45, 2.75) is 76.0 Å². The summed E-state index contributed by atoms with van der Waals surface area (Å²) in [4.78, 5) is 17.8. The third kappa shape index (κ3) is 9.75. The molecule has 0 unspecified atom stereocenters. The number of hydrogen-bond donors (Lipinski definition) is 2. The minimum atomic E-state index is 0.475. The first kappa shape index (κ1) is 38.4. The van der Waals surface area contributed by atoms with Gasteiger partial charge in [0.25, 0.3) is 0 Å². The number of aromatic nitrogens is 12. The largest absolute Gasteiger partial charge is 0.374 e. The van der Waals surface area contributed by atoms with Gasteiger partial charge in [-0.15, -0.1) is 20.4 Å². The molecule has 17 heteroatoms. The van der Waals surface area contributed by atoms with Gasteiger partial charge in [-0.3, -0.25) is 19.3 Å². The topological polar surface area (TPSA) is 177 Å². The maximum atomic E-state index is 5.87. The second kappa shape index (κ2) is 17.8. The van der Waals surface area contributed by atoms with Crippen LogP contribution in [0.5, 0.6) is 0 Å². The molecule has 8 aromatic rings. The van der Waals surface area contributed by atoms with E-state index in [2.05, 4.69) is 50.9 Å². The average Bonchev–Trinajstić information content (AvgIpc) is 4.08. The van der Waals surface area contributed by atoms with E-state index in [1.807, 2.05) is 75.4 Å². The Bertz CT molecular complexity index is 2570. The number of nitrogens with zero attached hydrogens (tertiary/aromatic N) is 12. The molecule has 2 aliphatic rings. The van der Waals surface area contributed by atoms with Crippen LogP contribution in [-0.4, -0.2) is 59.9 Å². The molecule has 0 aromatic carbocycles. The molecule has 10 rings (SSSR count). The number of aryl methyl sites for hydroxylation is 2. The lowest BCUT2D eigenvalue weighted by molar-refractivity contribution is 0.440. The molecule has 8 aromatic heterocycles. The van der Waals surface area contributed by atoms with E-state index < -0.39 is 0 Å². The monoisotopic (exact) mass is 818 g/mol. The molecule has 2 saturated carbocycles. The summed E-state index contributed by atoms with van der Waals surface area (Å²) in [7, 11) is 3.79. The first-order valence-electron chi connectivity index (χ1n) is 19.2. The molecule has 57 heavy (non-hydrogen) atoms. The van der Waals surface area contributed by atoms with Gasteiger partial charge in [-0.25, -0.2) is 9.97 Å². The number of nitrogen functional groups attached to an aromatic ring is 1. The van der Waals surface area contributed by atoms with Gasteiger partial charge in [0.1, 0.15) is 21.0 Å². The number of rotatable bonds is 6. The molecule has 0 atom stereocenters. The first-order chi connectivity index (χ1) is 27.8. The summed E-state index contributed by atoms with van der Waals surface area (Å²) >= 11 is 9.06. The second-order valence-electron chi connectivity index (χ2n) is 14.4. The van der Waals surface area contributed by atoms with Gasteiger partial charge in [-0.1, -0.05) is 72.8 Å². The molecule has 0 bridgehead atoms. The zero-order chi connectivity index (χ0) is 39.1. The SMILES string of the molecule is Cn1cc(-c2cnc3ccc(Cl)nc3c2)cn1.Cn1cc(-c2cnc3ccc(Nc4nnc(C5CCCCC5)s4)nc3c2)cn1.Nc1nnc(C2CCCCC2)s1. The molecule has 0 radical (unpaired) electrons. The normalized spacial score (nSPS) is 14.9. The number of fused-ring (bicyclic) bond motifs is 2. The van der Waals surface area contributed by atoms with Crippen molar-refractivity contribution in [1.82, 2.24) is 59.9 Å². The van der Waals surface area contributed by atoms with Gasteiger partial charge < -0.3 is 11.1 Å². The van der Waals surface area contributed by atoms with Crippen molar-refractivity contribution in [3.05, 3.63) is 88.7 Å². The molecule has 292 valence electrons. The summed E-state index contributed by atoms with van der Waals surface area (Å²) in [5.41, 5.74) is 12.9. The van der Waals surface area contributed by atoms with E-state index in [0.717, 1.165) is 65.3 Å². The summed E-state index contributed by atoms with van der Waals surface area (Å²) in [5, 5.41) is 32.5. The van der Waals surface area contributed by atoms with Crippen molar-refractivity contribution in [1.29, 1.82) is 0 Å². The smallest absolute Gasteiger partial charge is 0.211 e. The van der Waals surface area contributed by atoms with Crippen LogP contribution in [0.3, 0.4) is 0 Å². The highest BCUT2D eigenvalue weighted by Crippen LogP contribution is 2.36. The number of nitrogens with one attached hydrogen (secondary N) is 1. The number of pyridine rings is 4. The maximum absolute atomic E-state index is 5.87. The van der Waals surface area contributed by atoms with Crippen molar-refractivity contribution in [2.75, 3.05) is 11.1 Å². The Morgan fingerprint density at radius 2 is 1.16 bits per heavy atom. The van der Waals surface area contributed by atoms with E-state index in [1.165, 1.54) is 64.2 Å². The summed E-state index contributed by atoms with van der Waals surface area (Å²) in [5.74, 6) is 1.97. The van der Waals surface area contributed by atoms with Crippen LogP contribution in [-0.2, 0) is 14.1 Å². The molecular formula is C40H43ClN14S2. The highest BCUT2D eigenvalue weighted by molar-refractivity contribution is 7.15. The maximum Gasteiger partial charge on any atom is 0.211 e. The van der Waals surface area contributed by atoms with Crippen LogP contribution in [0.25, 0.3) is 44.3 Å². The average molecular weight is 819 g/mol. The van der Waals surface area contributed by atoms with Crippen molar-refractivity contribution in [3.63, 3.8) is 0 Å². The third-order valence-electron chi connectivity index (χ3n) is 10.2. The van der Waals surface area contributed by atoms with Gasteiger partial charge >= 0.3 is 0 Å². The fourth-order valence-electron chi connectivity index (χ4n) is 7.18. The third-order valence-corrected chi connectivity index (χ3v) is 12.3. The summed E-state index contributed by atoms with van der Waals surface area (Å²) in [6.45, 7) is 0. The Morgan fingerprint density at radius 1 is 0.614 bits per heavy atom. The zero-order valence-corrected chi connectivity index (χ0v) is 34.2. The molecule has 2 fully saturated rings. The lowest BCUT2D eigenvalue weighted by Gasteiger charge is -2.18. The van der Waals surface area contributed by atoms with E-state index in [0.29, 0.717) is 22.1 Å². The summed E-state index contributed by atoms with van der Waals surface area (Å²) in [6, 6.07) is 11.5. The zero-order valence-electron chi connectivity index (χ0n) is 31.8. The lowest BCUT2D eigenvalue weighted by Crippen LogP contribution is -2.03. The number of hydrogen-bond acceptors (Lipinski definition) is 14. The van der Waals surface area contributed by atoms with Gasteiger partial charge in [0.15, 0.2) is 0 Å². The number of anilines is 3. The van der Waals surface area contributed by atoms with E-state index in [1.54, 1.807) is 44.3 Å². The Kier molecular flexibility index (Phi) is 12.0. The predicted molar refractivity (Wildman–Crippen MR) is 228 cm³/mol. The fourth-order valence-corrected chi connectivity index (χ4v) is 9.04. The molecule has 0 saturated heterocycles. The van der Waals surface area contributed by atoms with Crippen LogP contribution in [0.15, 0.2) is 73.6 Å². The minimum Gasteiger partial charge on any atom is -0.374 e. The van der Waals surface area contributed by atoms with Crippen LogP contribution >= 0.6 is 34.3 Å². The van der Waals surface area contributed by atoms with E-state index >= 15 is 0 Å². The predicted octanol–water partition coefficient (Wildman–Crippen LogP) is 9.52. The second-order valence-corrected chi connectivity index (χ2v) is 16.8. The summed E-state index contributed by atoms with van der Waals surface area (Å²) < 4.78 is 3.54. The fraction of sp³-hybridized carbons (Fsp3) is 0.350. The van der Waals surface area contributed by atoms with E-state index in [-0.39, 0.29) is 0 Å². The molecule has 0 amide bonds. The van der Waals surface area contributed by atoms with Crippen molar-refractivity contribution in [3.8, 4) is 22.3 Å². The van der Waals surface area contributed by atoms with Crippen molar-refractivity contribution >= 4 is 72.4 Å². The Balaban J connectivity index is 0.000000133. The quantitative estimate of drug-likeness (QED) is 0.152. The molecule has 8 heterocycles. The van der Waals surface area contributed by atoms with Crippen LogP contribution in [0.4, 0.5) is 16.1 Å². The van der Waals surface area contributed by atoms with Crippen LogP contribution < -0.4 is 11.1 Å². The van der Waals surface area contributed by atoms with Gasteiger partial charge in [-0.05, 0) is 62.1 Å². The van der Waals surface area contributed by atoms with E-state index in [4.69, 9.17) is 22.3 Å². The molecular weight excluding hydrogens is 776 g/mol. The van der Waals surface area contributed by atoms with Crippen molar-refractivity contribution in [2.24, 2.45) is 14.1 Å². The molecule has 0 spiro atoms. The van der Waals surface area contributed by atoms with Gasteiger partial charge in [0.05, 0.1) is 34.5 Å². The molecule has 14 nitrogen and oxygen atoms in total. The van der Waals surface area contributed by atoms with Crippen molar-refractivity contribution < 1.29 is 0 Å². The first-order valence-corrected chi connectivity index (χ1v) is 21.2. The highest BCUT2D eigenvalue weighted by Gasteiger charge is 2.20. The molecule has 3 N–H and O–H groups in total. The van der Waals surface area contributed by atoms with E-state index in [9.17, 15) is 0 Å². The Labute approximate surface area is 343 Å². The number of nitrogens with two attached hydrogens (primary N) is 1. The Hall–Kier alpha value is -5.45. The lowest BCUT2D eigenvalue weighted by atomic mass is 9.90. The molecule has 0 aliphatic heterocycles. The van der Waals surface area contributed by atoms with Crippen LogP contribution in [0.2, 0.25) is 5.15 Å². The number of halogens is 1. The van der Waals surface area contributed by atoms with Gasteiger partial charge in [0, 0.05) is 73.0 Å². The highest BCUT2D eigenvalue weighted by atomic mass is 35.5. The van der Waals surface area contributed by atoms with Gasteiger partial charge in [-0.2, -0.15) is 10.2 Å². The van der Waals surface area contributed by atoms with Crippen LogP contribution in [0, 0.1) is 0 Å². The van der Waals surface area contributed by atoms with Crippen LogP contribution in [0.1, 0.15) is 86.1 Å².